The molecule has 0 aliphatic rings. The number of amides is 2. The van der Waals surface area contributed by atoms with Gasteiger partial charge in [-0.1, -0.05) is 66.2 Å². The van der Waals surface area contributed by atoms with E-state index < -0.39 is 6.04 Å². The number of halogens is 2. The SMILES string of the molecule is CNC(=O)C(Cc1ccccc1)N(Cc1ccc(Cl)cc1)C(=O)Cc1ccc(F)cc1. The van der Waals surface area contributed by atoms with Crippen molar-refractivity contribution in [3.63, 3.8) is 0 Å². The van der Waals surface area contributed by atoms with Crippen molar-refractivity contribution in [1.82, 2.24) is 10.2 Å². The minimum atomic E-state index is -0.698. The van der Waals surface area contributed by atoms with Crippen molar-refractivity contribution in [2.45, 2.75) is 25.4 Å². The molecule has 0 radical (unpaired) electrons. The van der Waals surface area contributed by atoms with E-state index >= 15 is 0 Å². The Hall–Kier alpha value is -3.18. The van der Waals surface area contributed by atoms with Crippen LogP contribution in [0.5, 0.6) is 0 Å². The van der Waals surface area contributed by atoms with Gasteiger partial charge in [-0.25, -0.2) is 4.39 Å². The topological polar surface area (TPSA) is 49.4 Å². The van der Waals surface area contributed by atoms with E-state index in [9.17, 15) is 14.0 Å². The zero-order chi connectivity index (χ0) is 22.2. The van der Waals surface area contributed by atoms with Gasteiger partial charge in [-0.2, -0.15) is 0 Å². The molecule has 0 bridgehead atoms. The quantitative estimate of drug-likeness (QED) is 0.566. The number of carbonyl (C=O) groups excluding carboxylic acids is 2. The summed E-state index contributed by atoms with van der Waals surface area (Å²) in [6.45, 7) is 0.252. The van der Waals surface area contributed by atoms with Gasteiger partial charge in [0, 0.05) is 25.0 Å². The van der Waals surface area contributed by atoms with Crippen LogP contribution in [-0.2, 0) is 29.0 Å². The minimum Gasteiger partial charge on any atom is -0.357 e. The molecule has 1 N–H and O–H groups in total. The predicted octanol–water partition coefficient (Wildman–Crippen LogP) is 4.41. The van der Waals surface area contributed by atoms with E-state index in [0.717, 1.165) is 11.1 Å². The van der Waals surface area contributed by atoms with Gasteiger partial charge < -0.3 is 10.2 Å². The van der Waals surface area contributed by atoms with E-state index in [4.69, 9.17) is 11.6 Å². The zero-order valence-electron chi connectivity index (χ0n) is 17.2. The van der Waals surface area contributed by atoms with Gasteiger partial charge in [-0.3, -0.25) is 9.59 Å². The summed E-state index contributed by atoms with van der Waals surface area (Å²) < 4.78 is 13.3. The molecule has 6 heteroatoms. The number of hydrogen-bond acceptors (Lipinski definition) is 2. The summed E-state index contributed by atoms with van der Waals surface area (Å²) in [6.07, 6.45) is 0.444. The minimum absolute atomic E-state index is 0.0656. The fourth-order valence-corrected chi connectivity index (χ4v) is 3.51. The molecule has 3 aromatic carbocycles. The highest BCUT2D eigenvalue weighted by Gasteiger charge is 2.29. The van der Waals surface area contributed by atoms with Crippen molar-refractivity contribution < 1.29 is 14.0 Å². The van der Waals surface area contributed by atoms with Gasteiger partial charge >= 0.3 is 0 Å². The molecule has 0 saturated carbocycles. The number of benzene rings is 3. The molecular weight excluding hydrogens is 415 g/mol. The van der Waals surface area contributed by atoms with Gasteiger partial charge in [0.1, 0.15) is 11.9 Å². The molecule has 31 heavy (non-hydrogen) atoms. The Bertz CT molecular complexity index is 1010. The highest BCUT2D eigenvalue weighted by molar-refractivity contribution is 6.30. The van der Waals surface area contributed by atoms with Crippen LogP contribution >= 0.6 is 11.6 Å². The van der Waals surface area contributed by atoms with Crippen molar-refractivity contribution in [1.29, 1.82) is 0 Å². The Balaban J connectivity index is 1.92. The molecule has 0 heterocycles. The first-order valence-corrected chi connectivity index (χ1v) is 10.4. The Labute approximate surface area is 186 Å². The summed E-state index contributed by atoms with van der Waals surface area (Å²) in [6, 6.07) is 21.9. The number of likely N-dealkylation sites (N-methyl/N-ethyl adjacent to an activating group) is 1. The van der Waals surface area contributed by atoms with Crippen molar-refractivity contribution in [2.24, 2.45) is 0 Å². The lowest BCUT2D eigenvalue weighted by Gasteiger charge is -2.31. The van der Waals surface area contributed by atoms with Crippen molar-refractivity contribution >= 4 is 23.4 Å². The Morgan fingerprint density at radius 2 is 1.52 bits per heavy atom. The first-order valence-electron chi connectivity index (χ1n) is 10.00. The second-order valence-electron chi connectivity index (χ2n) is 7.27. The van der Waals surface area contributed by atoms with Crippen molar-refractivity contribution in [3.8, 4) is 0 Å². The molecule has 0 spiro atoms. The monoisotopic (exact) mass is 438 g/mol. The lowest BCUT2D eigenvalue weighted by atomic mass is 10.0. The average Bonchev–Trinajstić information content (AvgIpc) is 2.79. The molecule has 4 nitrogen and oxygen atoms in total. The third kappa shape index (κ3) is 6.40. The van der Waals surface area contributed by atoms with E-state index in [1.54, 1.807) is 36.2 Å². The van der Waals surface area contributed by atoms with E-state index in [1.807, 2.05) is 42.5 Å². The van der Waals surface area contributed by atoms with Crippen LogP contribution in [0.1, 0.15) is 16.7 Å². The van der Waals surface area contributed by atoms with E-state index in [-0.39, 0.29) is 30.6 Å². The summed E-state index contributed by atoms with van der Waals surface area (Å²) in [4.78, 5) is 27.8. The van der Waals surface area contributed by atoms with Gasteiger partial charge in [0.2, 0.25) is 11.8 Å². The molecule has 160 valence electrons. The molecular formula is C25H24ClFN2O2. The lowest BCUT2D eigenvalue weighted by molar-refractivity contribution is -0.140. The zero-order valence-corrected chi connectivity index (χ0v) is 18.0. The Morgan fingerprint density at radius 1 is 0.903 bits per heavy atom. The van der Waals surface area contributed by atoms with Gasteiger partial charge in [0.15, 0.2) is 0 Å². The van der Waals surface area contributed by atoms with Gasteiger partial charge in [0.05, 0.1) is 6.42 Å². The fraction of sp³-hybridized carbons (Fsp3) is 0.200. The van der Waals surface area contributed by atoms with Gasteiger partial charge in [-0.15, -0.1) is 0 Å². The second kappa shape index (κ2) is 10.7. The van der Waals surface area contributed by atoms with E-state index in [2.05, 4.69) is 5.32 Å². The maximum absolute atomic E-state index is 13.3. The van der Waals surface area contributed by atoms with Crippen molar-refractivity contribution in [3.05, 3.63) is 106 Å². The van der Waals surface area contributed by atoms with E-state index in [1.165, 1.54) is 12.1 Å². The number of rotatable bonds is 8. The highest BCUT2D eigenvalue weighted by atomic mass is 35.5. The van der Waals surface area contributed by atoms with Crippen LogP contribution in [0.2, 0.25) is 5.02 Å². The molecule has 0 aromatic heterocycles. The van der Waals surface area contributed by atoms with Crippen LogP contribution < -0.4 is 5.32 Å². The number of hydrogen-bond donors (Lipinski definition) is 1. The van der Waals surface area contributed by atoms with Crippen LogP contribution in [0.15, 0.2) is 78.9 Å². The summed E-state index contributed by atoms with van der Waals surface area (Å²) in [5, 5.41) is 3.28. The molecule has 2 amide bonds. The molecule has 1 atom stereocenters. The molecule has 0 saturated heterocycles. The van der Waals surface area contributed by atoms with Crippen LogP contribution in [0.25, 0.3) is 0 Å². The Kier molecular flexibility index (Phi) is 7.79. The van der Waals surface area contributed by atoms with Crippen molar-refractivity contribution in [2.75, 3.05) is 7.05 Å². The maximum Gasteiger partial charge on any atom is 0.242 e. The predicted molar refractivity (Wildman–Crippen MR) is 120 cm³/mol. The van der Waals surface area contributed by atoms with Crippen LogP contribution in [0.4, 0.5) is 4.39 Å². The van der Waals surface area contributed by atoms with Gasteiger partial charge in [-0.05, 0) is 41.0 Å². The third-order valence-electron chi connectivity index (χ3n) is 5.05. The standard InChI is InChI=1S/C25H24ClFN2O2/c1-28-25(31)23(15-18-5-3-2-4-6-18)29(17-20-7-11-21(26)12-8-20)24(30)16-19-9-13-22(27)14-10-19/h2-14,23H,15-17H2,1H3,(H,28,31). The fourth-order valence-electron chi connectivity index (χ4n) is 3.39. The average molecular weight is 439 g/mol. The first kappa shape index (κ1) is 22.5. The second-order valence-corrected chi connectivity index (χ2v) is 7.71. The molecule has 3 rings (SSSR count). The molecule has 0 aliphatic carbocycles. The summed E-state index contributed by atoms with van der Waals surface area (Å²) in [5.74, 6) is -0.821. The summed E-state index contributed by atoms with van der Waals surface area (Å²) in [7, 11) is 1.56. The molecule has 3 aromatic rings. The smallest absolute Gasteiger partial charge is 0.242 e. The molecule has 1 unspecified atom stereocenters. The lowest BCUT2D eigenvalue weighted by Crippen LogP contribution is -2.50. The van der Waals surface area contributed by atoms with Crippen LogP contribution in [0, 0.1) is 5.82 Å². The normalized spacial score (nSPS) is 11.6. The van der Waals surface area contributed by atoms with E-state index in [0.29, 0.717) is 17.0 Å². The first-order chi connectivity index (χ1) is 15.0. The largest absolute Gasteiger partial charge is 0.357 e. The third-order valence-corrected chi connectivity index (χ3v) is 5.30. The molecule has 0 aliphatic heterocycles. The maximum atomic E-state index is 13.3. The van der Waals surface area contributed by atoms with Gasteiger partial charge in [0.25, 0.3) is 0 Å². The number of nitrogens with zero attached hydrogens (tertiary/aromatic N) is 1. The summed E-state index contributed by atoms with van der Waals surface area (Å²) in [5.41, 5.74) is 2.49. The Morgan fingerprint density at radius 3 is 2.13 bits per heavy atom. The number of nitrogens with one attached hydrogen (secondary N) is 1. The van der Waals surface area contributed by atoms with Crippen LogP contribution in [0.3, 0.4) is 0 Å². The highest BCUT2D eigenvalue weighted by Crippen LogP contribution is 2.18. The number of carbonyl (C=O) groups is 2. The summed E-state index contributed by atoms with van der Waals surface area (Å²) >= 11 is 6.00. The molecule has 0 fully saturated rings. The van der Waals surface area contributed by atoms with Crippen LogP contribution in [-0.4, -0.2) is 29.8 Å².